The summed E-state index contributed by atoms with van der Waals surface area (Å²) in [7, 11) is 0. The van der Waals surface area contributed by atoms with Crippen molar-refractivity contribution >= 4 is 0 Å². The van der Waals surface area contributed by atoms with Crippen molar-refractivity contribution in [2.75, 3.05) is 0 Å². The standard InChI is InChI=1S/C10H20N4/c1-5-14-9(12-7-13-14)6-10(4,11)8(2)3/h7-8H,5-6,11H2,1-4H3. The minimum Gasteiger partial charge on any atom is -0.325 e. The van der Waals surface area contributed by atoms with Crippen LogP contribution in [0.2, 0.25) is 0 Å². The van der Waals surface area contributed by atoms with E-state index >= 15 is 0 Å². The van der Waals surface area contributed by atoms with E-state index in [0.29, 0.717) is 5.92 Å². The molecule has 0 aliphatic heterocycles. The first-order chi connectivity index (χ1) is 6.47. The number of hydrogen-bond donors (Lipinski definition) is 1. The van der Waals surface area contributed by atoms with Crippen LogP contribution in [0.4, 0.5) is 0 Å². The molecule has 2 N–H and O–H groups in total. The predicted octanol–water partition coefficient (Wildman–Crippen LogP) is 1.21. The SMILES string of the molecule is CCn1ncnc1CC(C)(N)C(C)C. The molecule has 0 saturated heterocycles. The Morgan fingerprint density at radius 1 is 1.57 bits per heavy atom. The van der Waals surface area contributed by atoms with Gasteiger partial charge in [-0.15, -0.1) is 0 Å². The summed E-state index contributed by atoms with van der Waals surface area (Å²) in [5.41, 5.74) is 5.98. The molecule has 4 nitrogen and oxygen atoms in total. The molecule has 80 valence electrons. The highest BCUT2D eigenvalue weighted by Crippen LogP contribution is 2.17. The number of nitrogens with two attached hydrogens (primary N) is 1. The van der Waals surface area contributed by atoms with Crippen molar-refractivity contribution in [2.24, 2.45) is 11.7 Å². The highest BCUT2D eigenvalue weighted by atomic mass is 15.3. The van der Waals surface area contributed by atoms with Crippen LogP contribution in [-0.4, -0.2) is 20.3 Å². The Kier molecular flexibility index (Phi) is 3.26. The first-order valence-corrected chi connectivity index (χ1v) is 5.13. The van der Waals surface area contributed by atoms with Crippen LogP contribution < -0.4 is 5.73 Å². The molecule has 0 aromatic carbocycles. The van der Waals surface area contributed by atoms with E-state index in [1.54, 1.807) is 6.33 Å². The van der Waals surface area contributed by atoms with Gasteiger partial charge in [0.1, 0.15) is 12.2 Å². The van der Waals surface area contributed by atoms with E-state index in [0.717, 1.165) is 18.8 Å². The molecule has 4 heteroatoms. The van der Waals surface area contributed by atoms with E-state index in [1.807, 2.05) is 4.68 Å². The fraction of sp³-hybridized carbons (Fsp3) is 0.800. The zero-order valence-corrected chi connectivity index (χ0v) is 9.49. The normalized spacial score (nSPS) is 15.9. The summed E-state index contributed by atoms with van der Waals surface area (Å²) in [6.07, 6.45) is 2.37. The van der Waals surface area contributed by atoms with Crippen LogP contribution in [0.5, 0.6) is 0 Å². The van der Waals surface area contributed by atoms with Gasteiger partial charge in [0.2, 0.25) is 0 Å². The van der Waals surface area contributed by atoms with Gasteiger partial charge < -0.3 is 5.73 Å². The molecule has 0 spiro atoms. The Balaban J connectivity index is 2.78. The van der Waals surface area contributed by atoms with Crippen molar-refractivity contribution in [1.29, 1.82) is 0 Å². The summed E-state index contributed by atoms with van der Waals surface area (Å²) in [6, 6.07) is 0. The third-order valence-corrected chi connectivity index (χ3v) is 2.85. The molecule has 0 bridgehead atoms. The number of aromatic nitrogens is 3. The summed E-state index contributed by atoms with van der Waals surface area (Å²) >= 11 is 0. The summed E-state index contributed by atoms with van der Waals surface area (Å²) in [4.78, 5) is 4.23. The lowest BCUT2D eigenvalue weighted by molar-refractivity contribution is 0.326. The van der Waals surface area contributed by atoms with Gasteiger partial charge in [-0.05, 0) is 19.8 Å². The van der Waals surface area contributed by atoms with Gasteiger partial charge in [0.25, 0.3) is 0 Å². The van der Waals surface area contributed by atoms with Crippen LogP contribution in [0, 0.1) is 5.92 Å². The lowest BCUT2D eigenvalue weighted by atomic mass is 9.86. The molecule has 1 atom stereocenters. The largest absolute Gasteiger partial charge is 0.325 e. The lowest BCUT2D eigenvalue weighted by Gasteiger charge is -2.28. The molecule has 0 radical (unpaired) electrons. The second-order valence-electron chi connectivity index (χ2n) is 4.33. The zero-order valence-electron chi connectivity index (χ0n) is 9.49. The van der Waals surface area contributed by atoms with Crippen molar-refractivity contribution in [3.8, 4) is 0 Å². The molecule has 0 fully saturated rings. The molecule has 0 saturated carbocycles. The first-order valence-electron chi connectivity index (χ1n) is 5.13. The summed E-state index contributed by atoms with van der Waals surface area (Å²) in [5.74, 6) is 1.41. The monoisotopic (exact) mass is 196 g/mol. The minimum atomic E-state index is -0.208. The Morgan fingerprint density at radius 3 is 2.71 bits per heavy atom. The third-order valence-electron chi connectivity index (χ3n) is 2.85. The van der Waals surface area contributed by atoms with E-state index in [1.165, 1.54) is 0 Å². The van der Waals surface area contributed by atoms with Crippen LogP contribution in [0.3, 0.4) is 0 Å². The zero-order chi connectivity index (χ0) is 10.8. The van der Waals surface area contributed by atoms with E-state index < -0.39 is 0 Å². The molecule has 1 aromatic rings. The Morgan fingerprint density at radius 2 is 2.21 bits per heavy atom. The van der Waals surface area contributed by atoms with Gasteiger partial charge in [0.15, 0.2) is 0 Å². The van der Waals surface area contributed by atoms with Crippen LogP contribution in [0.25, 0.3) is 0 Å². The average Bonchev–Trinajstić information content (AvgIpc) is 2.50. The predicted molar refractivity (Wildman–Crippen MR) is 56.8 cm³/mol. The van der Waals surface area contributed by atoms with E-state index in [4.69, 9.17) is 5.73 Å². The fourth-order valence-electron chi connectivity index (χ4n) is 1.23. The van der Waals surface area contributed by atoms with Crippen molar-refractivity contribution in [2.45, 2.75) is 46.2 Å². The van der Waals surface area contributed by atoms with Gasteiger partial charge in [-0.2, -0.15) is 5.10 Å². The van der Waals surface area contributed by atoms with Gasteiger partial charge in [-0.3, -0.25) is 4.68 Å². The van der Waals surface area contributed by atoms with Gasteiger partial charge >= 0.3 is 0 Å². The molecule has 0 amide bonds. The van der Waals surface area contributed by atoms with Gasteiger partial charge in [-0.25, -0.2) is 4.98 Å². The lowest BCUT2D eigenvalue weighted by Crippen LogP contribution is -2.44. The molecule has 1 rings (SSSR count). The van der Waals surface area contributed by atoms with Crippen molar-refractivity contribution in [3.05, 3.63) is 12.2 Å². The van der Waals surface area contributed by atoms with Gasteiger partial charge in [0, 0.05) is 18.5 Å². The fourth-order valence-corrected chi connectivity index (χ4v) is 1.23. The highest BCUT2D eigenvalue weighted by molar-refractivity contribution is 4.96. The molecule has 0 aliphatic carbocycles. The molecule has 1 heterocycles. The van der Waals surface area contributed by atoms with Crippen LogP contribution in [0.1, 0.15) is 33.5 Å². The van der Waals surface area contributed by atoms with Crippen molar-refractivity contribution in [1.82, 2.24) is 14.8 Å². The second-order valence-corrected chi connectivity index (χ2v) is 4.33. The molecule has 0 aliphatic rings. The molecule has 1 unspecified atom stereocenters. The smallest absolute Gasteiger partial charge is 0.138 e. The van der Waals surface area contributed by atoms with Crippen LogP contribution >= 0.6 is 0 Å². The summed E-state index contributed by atoms with van der Waals surface area (Å²) in [5, 5.41) is 4.13. The van der Waals surface area contributed by atoms with Crippen LogP contribution in [-0.2, 0) is 13.0 Å². The average molecular weight is 196 g/mol. The maximum absolute atomic E-state index is 6.19. The topological polar surface area (TPSA) is 56.7 Å². The Hall–Kier alpha value is -0.900. The molecule has 14 heavy (non-hydrogen) atoms. The van der Waals surface area contributed by atoms with Crippen molar-refractivity contribution < 1.29 is 0 Å². The van der Waals surface area contributed by atoms with E-state index in [2.05, 4.69) is 37.8 Å². The van der Waals surface area contributed by atoms with Crippen LogP contribution in [0.15, 0.2) is 6.33 Å². The molecule has 1 aromatic heterocycles. The van der Waals surface area contributed by atoms with E-state index in [9.17, 15) is 0 Å². The quantitative estimate of drug-likeness (QED) is 0.787. The molecular formula is C10H20N4. The van der Waals surface area contributed by atoms with E-state index in [-0.39, 0.29) is 5.54 Å². The maximum Gasteiger partial charge on any atom is 0.138 e. The third kappa shape index (κ3) is 2.32. The summed E-state index contributed by atoms with van der Waals surface area (Å²) < 4.78 is 1.90. The number of nitrogens with zero attached hydrogens (tertiary/aromatic N) is 3. The number of rotatable bonds is 4. The Bertz CT molecular complexity index is 288. The first kappa shape index (κ1) is 11.2. The second kappa shape index (κ2) is 4.09. The number of hydrogen-bond acceptors (Lipinski definition) is 3. The van der Waals surface area contributed by atoms with Crippen molar-refractivity contribution in [3.63, 3.8) is 0 Å². The highest BCUT2D eigenvalue weighted by Gasteiger charge is 2.25. The van der Waals surface area contributed by atoms with Gasteiger partial charge in [0.05, 0.1) is 0 Å². The summed E-state index contributed by atoms with van der Waals surface area (Å²) in [6.45, 7) is 9.23. The minimum absolute atomic E-state index is 0.208. The molecular weight excluding hydrogens is 176 g/mol. The maximum atomic E-state index is 6.19. The van der Waals surface area contributed by atoms with Gasteiger partial charge in [-0.1, -0.05) is 13.8 Å². The number of aryl methyl sites for hydroxylation is 1. The Labute approximate surface area is 85.5 Å².